The molecule has 0 fully saturated rings. The van der Waals surface area contributed by atoms with E-state index in [1.807, 2.05) is 48.1 Å². The number of nitrogens with zero attached hydrogens (tertiary/aromatic N) is 5. The fraction of sp³-hybridized carbons (Fsp3) is 0.158. The molecule has 3 aromatic heterocycles. The third-order valence-electron chi connectivity index (χ3n) is 4.19. The van der Waals surface area contributed by atoms with E-state index in [9.17, 15) is 4.79 Å². The van der Waals surface area contributed by atoms with Crippen LogP contribution in [0.3, 0.4) is 0 Å². The first-order valence-corrected chi connectivity index (χ1v) is 8.12. The van der Waals surface area contributed by atoms with Crippen LogP contribution in [0, 0.1) is 0 Å². The highest BCUT2D eigenvalue weighted by Gasteiger charge is 2.09. The summed E-state index contributed by atoms with van der Waals surface area (Å²) in [4.78, 5) is 16.4. The molecule has 0 aliphatic rings. The molecule has 6 nitrogen and oxygen atoms in total. The van der Waals surface area contributed by atoms with E-state index in [4.69, 9.17) is 0 Å². The Bertz CT molecular complexity index is 1080. The Labute approximate surface area is 144 Å². The summed E-state index contributed by atoms with van der Waals surface area (Å²) in [5.41, 5.74) is 3.36. The molecule has 0 N–H and O–H groups in total. The third-order valence-corrected chi connectivity index (χ3v) is 4.19. The fourth-order valence-corrected chi connectivity index (χ4v) is 2.95. The summed E-state index contributed by atoms with van der Waals surface area (Å²) >= 11 is 0. The van der Waals surface area contributed by atoms with Gasteiger partial charge in [0.2, 0.25) is 0 Å². The van der Waals surface area contributed by atoms with Crippen LogP contribution in [0.2, 0.25) is 0 Å². The third kappa shape index (κ3) is 2.94. The molecule has 0 amide bonds. The van der Waals surface area contributed by atoms with E-state index in [1.54, 1.807) is 12.3 Å². The van der Waals surface area contributed by atoms with Crippen LogP contribution in [0.5, 0.6) is 0 Å². The van der Waals surface area contributed by atoms with E-state index in [1.165, 1.54) is 10.7 Å². The van der Waals surface area contributed by atoms with Gasteiger partial charge in [-0.3, -0.25) is 14.5 Å². The monoisotopic (exact) mass is 331 g/mol. The summed E-state index contributed by atoms with van der Waals surface area (Å²) < 4.78 is 3.35. The van der Waals surface area contributed by atoms with Gasteiger partial charge in [-0.05, 0) is 24.3 Å². The van der Waals surface area contributed by atoms with Gasteiger partial charge in [0, 0.05) is 31.1 Å². The second-order valence-corrected chi connectivity index (χ2v) is 5.83. The number of benzene rings is 1. The van der Waals surface area contributed by atoms with Crippen LogP contribution in [0.4, 0.5) is 0 Å². The molecule has 0 aliphatic carbocycles. The number of aryl methyl sites for hydroxylation is 3. The van der Waals surface area contributed by atoms with Gasteiger partial charge in [0.1, 0.15) is 5.69 Å². The van der Waals surface area contributed by atoms with Crippen LogP contribution < -0.4 is 5.56 Å². The fourth-order valence-electron chi connectivity index (χ4n) is 2.95. The van der Waals surface area contributed by atoms with Gasteiger partial charge in [-0.15, -0.1) is 0 Å². The van der Waals surface area contributed by atoms with Crippen molar-refractivity contribution >= 4 is 10.9 Å². The lowest BCUT2D eigenvalue weighted by atomic mass is 10.1. The molecule has 1 aromatic carbocycles. The maximum atomic E-state index is 12.1. The van der Waals surface area contributed by atoms with Crippen molar-refractivity contribution in [3.63, 3.8) is 0 Å². The molecule has 0 atom stereocenters. The van der Waals surface area contributed by atoms with Crippen LogP contribution in [0.25, 0.3) is 22.3 Å². The second-order valence-electron chi connectivity index (χ2n) is 5.83. The van der Waals surface area contributed by atoms with E-state index >= 15 is 0 Å². The van der Waals surface area contributed by atoms with Crippen LogP contribution >= 0.6 is 0 Å². The first-order valence-electron chi connectivity index (χ1n) is 8.12. The van der Waals surface area contributed by atoms with Crippen LogP contribution in [0.15, 0.2) is 65.6 Å². The summed E-state index contributed by atoms with van der Waals surface area (Å²) in [5.74, 6) is 0. The quantitative estimate of drug-likeness (QED) is 0.576. The smallest absolute Gasteiger partial charge is 0.266 e. The highest BCUT2D eigenvalue weighted by molar-refractivity contribution is 5.81. The van der Waals surface area contributed by atoms with Crippen molar-refractivity contribution in [2.75, 3.05) is 0 Å². The molecule has 0 radical (unpaired) electrons. The summed E-state index contributed by atoms with van der Waals surface area (Å²) in [6.07, 6.45) is 2.35. The normalized spacial score (nSPS) is 11.1. The molecule has 25 heavy (non-hydrogen) atoms. The van der Waals surface area contributed by atoms with E-state index in [-0.39, 0.29) is 5.56 Å². The maximum Gasteiger partial charge on any atom is 0.266 e. The summed E-state index contributed by atoms with van der Waals surface area (Å²) in [6.45, 7) is 0.473. The number of hydrogen-bond donors (Lipinski definition) is 0. The van der Waals surface area contributed by atoms with Gasteiger partial charge in [-0.1, -0.05) is 24.3 Å². The standard InChI is InChI=1S/C19H17N5O/c1-23-18-8-3-2-6-14(18)15(21-23)11-13-24-19(25)10-9-17(22-24)16-7-4-5-12-20-16/h2-10,12H,11,13H2,1H3. The number of pyridine rings is 1. The predicted octanol–water partition coefficient (Wildman–Crippen LogP) is 2.43. The Hall–Kier alpha value is -3.28. The second kappa shape index (κ2) is 6.32. The molecule has 0 unspecified atom stereocenters. The molecule has 4 rings (SSSR count). The van der Waals surface area contributed by atoms with Crippen LogP contribution in [0.1, 0.15) is 5.69 Å². The number of fused-ring (bicyclic) bond motifs is 1. The minimum absolute atomic E-state index is 0.125. The Morgan fingerprint density at radius 2 is 1.76 bits per heavy atom. The van der Waals surface area contributed by atoms with Gasteiger partial charge in [0.25, 0.3) is 5.56 Å². The molecule has 6 heteroatoms. The molecular formula is C19H17N5O. The molecule has 3 heterocycles. The molecule has 0 spiro atoms. The molecule has 0 aliphatic heterocycles. The zero-order valence-electron chi connectivity index (χ0n) is 13.8. The highest BCUT2D eigenvalue weighted by atomic mass is 16.1. The number of aromatic nitrogens is 5. The molecule has 4 aromatic rings. The van der Waals surface area contributed by atoms with Crippen LogP contribution in [-0.4, -0.2) is 24.5 Å². The van der Waals surface area contributed by atoms with Gasteiger partial charge in [-0.25, -0.2) is 4.68 Å². The zero-order valence-corrected chi connectivity index (χ0v) is 13.8. The Morgan fingerprint density at radius 1 is 0.920 bits per heavy atom. The largest absolute Gasteiger partial charge is 0.268 e. The van der Waals surface area contributed by atoms with Gasteiger partial charge < -0.3 is 0 Å². The van der Waals surface area contributed by atoms with Crippen molar-refractivity contribution in [2.24, 2.45) is 7.05 Å². The van der Waals surface area contributed by atoms with E-state index in [0.717, 1.165) is 22.3 Å². The molecule has 0 saturated heterocycles. The average Bonchev–Trinajstić information content (AvgIpc) is 2.98. The summed E-state index contributed by atoms with van der Waals surface area (Å²) in [6, 6.07) is 17.0. The van der Waals surface area contributed by atoms with Gasteiger partial charge >= 0.3 is 0 Å². The minimum atomic E-state index is -0.125. The van der Waals surface area contributed by atoms with E-state index in [2.05, 4.69) is 21.2 Å². The van der Waals surface area contributed by atoms with Crippen molar-refractivity contribution in [1.29, 1.82) is 0 Å². The van der Waals surface area contributed by atoms with Crippen molar-refractivity contribution in [2.45, 2.75) is 13.0 Å². The highest BCUT2D eigenvalue weighted by Crippen LogP contribution is 2.18. The first kappa shape index (κ1) is 15.3. The molecule has 0 saturated carbocycles. The average molecular weight is 331 g/mol. The Kier molecular flexibility index (Phi) is 3.85. The lowest BCUT2D eigenvalue weighted by Crippen LogP contribution is -2.23. The van der Waals surface area contributed by atoms with Crippen molar-refractivity contribution in [1.82, 2.24) is 24.5 Å². The maximum absolute atomic E-state index is 12.1. The Morgan fingerprint density at radius 3 is 2.60 bits per heavy atom. The SMILES string of the molecule is Cn1nc(CCn2nc(-c3ccccn3)ccc2=O)c2ccccc21. The summed E-state index contributed by atoms with van der Waals surface area (Å²) in [5, 5.41) is 10.1. The van der Waals surface area contributed by atoms with Gasteiger partial charge in [0.15, 0.2) is 0 Å². The van der Waals surface area contributed by atoms with Crippen molar-refractivity contribution in [3.05, 3.63) is 76.8 Å². The van der Waals surface area contributed by atoms with E-state index in [0.29, 0.717) is 18.7 Å². The van der Waals surface area contributed by atoms with E-state index < -0.39 is 0 Å². The van der Waals surface area contributed by atoms with Crippen molar-refractivity contribution in [3.8, 4) is 11.4 Å². The lowest BCUT2D eigenvalue weighted by molar-refractivity contribution is 0.572. The predicted molar refractivity (Wildman–Crippen MR) is 96.1 cm³/mol. The number of rotatable bonds is 4. The lowest BCUT2D eigenvalue weighted by Gasteiger charge is -2.06. The number of para-hydroxylation sites is 1. The summed E-state index contributed by atoms with van der Waals surface area (Å²) in [7, 11) is 1.93. The van der Waals surface area contributed by atoms with Crippen molar-refractivity contribution < 1.29 is 0 Å². The first-order chi connectivity index (χ1) is 12.2. The Balaban J connectivity index is 1.63. The molecular weight excluding hydrogens is 314 g/mol. The zero-order chi connectivity index (χ0) is 17.2. The van der Waals surface area contributed by atoms with Crippen LogP contribution in [-0.2, 0) is 20.0 Å². The molecule has 0 bridgehead atoms. The topological polar surface area (TPSA) is 65.6 Å². The minimum Gasteiger partial charge on any atom is -0.268 e. The number of hydrogen-bond acceptors (Lipinski definition) is 4. The van der Waals surface area contributed by atoms with Gasteiger partial charge in [0.05, 0.1) is 23.4 Å². The van der Waals surface area contributed by atoms with Gasteiger partial charge in [-0.2, -0.15) is 10.2 Å². The molecule has 124 valence electrons.